The molecule has 1 rings (SSSR count). The summed E-state index contributed by atoms with van der Waals surface area (Å²) >= 11 is 0. The molecular formula is C10H14NO+. The number of aryl methyl sites for hydroxylation is 1. The zero-order chi connectivity index (χ0) is 8.97. The number of allylic oxidation sites excluding steroid dienone is 1. The summed E-state index contributed by atoms with van der Waals surface area (Å²) in [6.45, 7) is 4.05. The first-order valence-electron chi connectivity index (χ1n) is 4.09. The molecule has 0 radical (unpaired) electrons. The monoisotopic (exact) mass is 164 g/mol. The van der Waals surface area contributed by atoms with E-state index in [9.17, 15) is 0 Å². The van der Waals surface area contributed by atoms with Crippen molar-refractivity contribution in [3.8, 4) is 5.88 Å². The summed E-state index contributed by atoms with van der Waals surface area (Å²) in [6, 6.07) is 3.73. The molecule has 64 valence electrons. The van der Waals surface area contributed by atoms with Crippen molar-refractivity contribution in [2.75, 3.05) is 0 Å². The van der Waals surface area contributed by atoms with Crippen LogP contribution in [0.4, 0.5) is 0 Å². The number of aromatic nitrogens is 1. The van der Waals surface area contributed by atoms with Gasteiger partial charge in [0.05, 0.1) is 11.8 Å². The Bertz CT molecular complexity index is 272. The molecule has 0 unspecified atom stereocenters. The second kappa shape index (κ2) is 3.90. The lowest BCUT2D eigenvalue weighted by Gasteiger charge is -1.94. The first-order chi connectivity index (χ1) is 5.72. The van der Waals surface area contributed by atoms with E-state index in [0.717, 1.165) is 17.7 Å². The van der Waals surface area contributed by atoms with Gasteiger partial charge in [0, 0.05) is 0 Å². The van der Waals surface area contributed by atoms with Crippen LogP contribution in [0.5, 0.6) is 5.88 Å². The van der Waals surface area contributed by atoms with Gasteiger partial charge >= 0.3 is 5.88 Å². The average molecular weight is 164 g/mol. The van der Waals surface area contributed by atoms with Crippen molar-refractivity contribution < 1.29 is 5.11 Å². The molecule has 0 amide bonds. The summed E-state index contributed by atoms with van der Waals surface area (Å²) in [5, 5.41) is 7.37. The van der Waals surface area contributed by atoms with Gasteiger partial charge in [-0.2, -0.15) is 4.98 Å². The number of pyridine rings is 1. The Morgan fingerprint density at radius 2 is 2.25 bits per heavy atom. The molecule has 0 bridgehead atoms. The molecular weight excluding hydrogens is 150 g/mol. The van der Waals surface area contributed by atoms with Gasteiger partial charge in [0.2, 0.25) is 0 Å². The highest BCUT2D eigenvalue weighted by molar-refractivity contribution is 5.46. The highest BCUT2D eigenvalue weighted by Gasteiger charge is 1.97. The molecule has 1 heterocycles. The lowest BCUT2D eigenvalue weighted by Crippen LogP contribution is -1.82. The summed E-state index contributed by atoms with van der Waals surface area (Å²) in [5.74, 6) is 0.339. The topological polar surface area (TPSA) is 35.8 Å². The highest BCUT2D eigenvalue weighted by atomic mass is 16.3. The lowest BCUT2D eigenvalue weighted by molar-refractivity contribution is 0.452. The lowest BCUT2D eigenvalue weighted by atomic mass is 10.2. The van der Waals surface area contributed by atoms with Gasteiger partial charge in [-0.15, -0.1) is 0 Å². The molecule has 0 aliphatic heterocycles. The largest absolute Gasteiger partial charge is 0.579 e. The smallest absolute Gasteiger partial charge is 0.357 e. The van der Waals surface area contributed by atoms with Crippen LogP contribution in [0, 0.1) is 6.92 Å². The second-order valence-electron chi connectivity index (χ2n) is 2.77. The predicted octanol–water partition coefficient (Wildman–Crippen LogP) is 2.25. The van der Waals surface area contributed by atoms with Gasteiger partial charge in [0.25, 0.3) is 0 Å². The van der Waals surface area contributed by atoms with Crippen LogP contribution in [0.1, 0.15) is 24.6 Å². The van der Waals surface area contributed by atoms with E-state index in [1.807, 2.05) is 25.1 Å². The summed E-state index contributed by atoms with van der Waals surface area (Å²) in [5.41, 5.74) is 1.97. The first-order valence-corrected chi connectivity index (χ1v) is 4.09. The van der Waals surface area contributed by atoms with E-state index in [4.69, 9.17) is 5.11 Å². The van der Waals surface area contributed by atoms with Crippen LogP contribution in [-0.2, 0) is 0 Å². The van der Waals surface area contributed by atoms with E-state index in [1.54, 1.807) is 6.07 Å². The standard InChI is InChI=1S/C10H13NO/c1-3-4-5-9-6-8(2)7-10(12)11-9/h4-7H,3H2,1-2H3,(H,11,12)/p+1/b5-4+. The van der Waals surface area contributed by atoms with Gasteiger partial charge in [0.15, 0.2) is 0 Å². The molecule has 0 aromatic carbocycles. The minimum atomic E-state index is 0.339. The second-order valence-corrected chi connectivity index (χ2v) is 2.77. The highest BCUT2D eigenvalue weighted by Crippen LogP contribution is 2.11. The normalized spacial score (nSPS) is 10.8. The third kappa shape index (κ3) is 2.38. The van der Waals surface area contributed by atoms with Crippen LogP contribution >= 0.6 is 0 Å². The fourth-order valence-corrected chi connectivity index (χ4v) is 1.02. The summed E-state index contributed by atoms with van der Waals surface area (Å²) < 4.78 is 0. The molecule has 0 saturated carbocycles. The van der Waals surface area contributed by atoms with Gasteiger partial charge in [-0.3, -0.25) is 0 Å². The number of hydrogen-bond acceptors (Lipinski definition) is 1. The third-order valence-electron chi connectivity index (χ3n) is 1.51. The van der Waals surface area contributed by atoms with Crippen LogP contribution < -0.4 is 0 Å². The minimum absolute atomic E-state index is 0.339. The molecule has 0 atom stereocenters. The summed E-state index contributed by atoms with van der Waals surface area (Å²) in [4.78, 5) is 4.05. The maximum absolute atomic E-state index is 7.37. The number of nitrogens with zero attached hydrogens (tertiary/aromatic N) is 1. The SMILES string of the molecule is CC/C=C/c1cc(C)cc([OH2+])n1. The van der Waals surface area contributed by atoms with Crippen LogP contribution in [0.25, 0.3) is 6.08 Å². The van der Waals surface area contributed by atoms with Gasteiger partial charge in [-0.25, -0.2) is 0 Å². The predicted molar refractivity (Wildman–Crippen MR) is 51.4 cm³/mol. The van der Waals surface area contributed by atoms with Crippen molar-refractivity contribution in [3.63, 3.8) is 0 Å². The quantitative estimate of drug-likeness (QED) is 0.617. The minimum Gasteiger partial charge on any atom is -0.579 e. The van der Waals surface area contributed by atoms with Gasteiger partial charge < -0.3 is 5.11 Å². The van der Waals surface area contributed by atoms with Crippen LogP contribution in [0.3, 0.4) is 0 Å². The zero-order valence-electron chi connectivity index (χ0n) is 7.46. The summed E-state index contributed by atoms with van der Waals surface area (Å²) in [7, 11) is 0. The van der Waals surface area contributed by atoms with E-state index < -0.39 is 0 Å². The first kappa shape index (κ1) is 8.78. The van der Waals surface area contributed by atoms with Crippen LogP contribution in [-0.4, -0.2) is 10.1 Å². The molecule has 0 aliphatic carbocycles. The molecule has 0 spiro atoms. The van der Waals surface area contributed by atoms with Crippen molar-refractivity contribution in [2.45, 2.75) is 20.3 Å². The van der Waals surface area contributed by atoms with E-state index in [1.165, 1.54) is 0 Å². The van der Waals surface area contributed by atoms with Gasteiger partial charge in [-0.05, 0) is 31.1 Å². The molecule has 0 saturated heterocycles. The zero-order valence-corrected chi connectivity index (χ0v) is 7.46. The molecule has 0 fully saturated rings. The molecule has 2 N–H and O–H groups in total. The number of hydrogen-bond donors (Lipinski definition) is 0. The molecule has 2 nitrogen and oxygen atoms in total. The van der Waals surface area contributed by atoms with Crippen molar-refractivity contribution in [1.82, 2.24) is 4.98 Å². The Labute approximate surface area is 72.6 Å². The Kier molecular flexibility index (Phi) is 2.86. The van der Waals surface area contributed by atoms with Gasteiger partial charge in [0.1, 0.15) is 0 Å². The fraction of sp³-hybridized carbons (Fsp3) is 0.300. The molecule has 12 heavy (non-hydrogen) atoms. The van der Waals surface area contributed by atoms with E-state index in [0.29, 0.717) is 5.88 Å². The molecule has 1 aromatic heterocycles. The van der Waals surface area contributed by atoms with E-state index in [-0.39, 0.29) is 0 Å². The fourth-order valence-electron chi connectivity index (χ4n) is 1.02. The molecule has 2 heteroatoms. The average Bonchev–Trinajstić information content (AvgIpc) is 1.99. The third-order valence-corrected chi connectivity index (χ3v) is 1.51. The maximum atomic E-state index is 7.37. The Morgan fingerprint density at radius 3 is 2.83 bits per heavy atom. The van der Waals surface area contributed by atoms with Crippen molar-refractivity contribution in [2.24, 2.45) is 0 Å². The van der Waals surface area contributed by atoms with Crippen molar-refractivity contribution >= 4 is 6.08 Å². The molecule has 0 aliphatic rings. The Hall–Kier alpha value is -1.31. The molecule has 1 aromatic rings. The van der Waals surface area contributed by atoms with E-state index in [2.05, 4.69) is 11.9 Å². The number of rotatable bonds is 2. The van der Waals surface area contributed by atoms with Crippen molar-refractivity contribution in [3.05, 3.63) is 29.5 Å². The van der Waals surface area contributed by atoms with Gasteiger partial charge in [-0.1, -0.05) is 13.0 Å². The Morgan fingerprint density at radius 1 is 1.50 bits per heavy atom. The van der Waals surface area contributed by atoms with Crippen LogP contribution in [0.15, 0.2) is 18.2 Å². The van der Waals surface area contributed by atoms with Crippen molar-refractivity contribution in [1.29, 1.82) is 0 Å². The maximum Gasteiger partial charge on any atom is 0.357 e. The Balaban J connectivity index is 2.93. The van der Waals surface area contributed by atoms with E-state index >= 15 is 0 Å². The summed E-state index contributed by atoms with van der Waals surface area (Å²) in [6.07, 6.45) is 5.00. The van der Waals surface area contributed by atoms with Crippen LogP contribution in [0.2, 0.25) is 0 Å².